The van der Waals surface area contributed by atoms with Crippen molar-refractivity contribution in [3.63, 3.8) is 0 Å². The Kier molecular flexibility index (Phi) is 8.39. The molecule has 0 aliphatic heterocycles. The van der Waals surface area contributed by atoms with Gasteiger partial charge in [-0.15, -0.1) is 24.0 Å². The summed E-state index contributed by atoms with van der Waals surface area (Å²) in [6.07, 6.45) is 2.88. The molecule has 0 saturated carbocycles. The van der Waals surface area contributed by atoms with Gasteiger partial charge in [-0.25, -0.2) is 8.42 Å². The molecular formula is C18H29IN4O2S. The predicted molar refractivity (Wildman–Crippen MR) is 120 cm³/mol. The highest BCUT2D eigenvalue weighted by Crippen LogP contribution is 2.17. The van der Waals surface area contributed by atoms with E-state index in [1.807, 2.05) is 18.3 Å². The highest BCUT2D eigenvalue weighted by Gasteiger charge is 2.28. The lowest BCUT2D eigenvalue weighted by molar-refractivity contribution is 0.559. The van der Waals surface area contributed by atoms with E-state index in [9.17, 15) is 8.42 Å². The molecule has 6 nitrogen and oxygen atoms in total. The molecule has 146 valence electrons. The third-order valence-electron chi connectivity index (χ3n) is 4.18. The van der Waals surface area contributed by atoms with Crippen molar-refractivity contribution >= 4 is 50.7 Å². The normalized spacial score (nSPS) is 12.7. The first-order chi connectivity index (χ1) is 11.7. The molecule has 1 aromatic heterocycles. The maximum absolute atomic E-state index is 12.1. The van der Waals surface area contributed by atoms with Gasteiger partial charge in [0.05, 0.1) is 10.5 Å². The summed E-state index contributed by atoms with van der Waals surface area (Å²) in [6, 6.07) is 8.20. The quantitative estimate of drug-likeness (QED) is 0.329. The number of hydrogen-bond donors (Lipinski definition) is 3. The molecule has 0 aliphatic rings. The van der Waals surface area contributed by atoms with Crippen molar-refractivity contribution in [2.45, 2.75) is 31.9 Å². The minimum Gasteiger partial charge on any atom is -0.361 e. The SMILES string of the molecule is CN=C(NCCc1c[nH]c2ccccc12)NCCS(=O)(=O)C(C)(C)C.I. The summed E-state index contributed by atoms with van der Waals surface area (Å²) in [4.78, 5) is 7.41. The molecule has 0 fully saturated rings. The van der Waals surface area contributed by atoms with E-state index >= 15 is 0 Å². The van der Waals surface area contributed by atoms with Gasteiger partial charge in [-0.2, -0.15) is 0 Å². The van der Waals surface area contributed by atoms with E-state index in [1.165, 1.54) is 10.9 Å². The number of hydrogen-bond acceptors (Lipinski definition) is 3. The molecule has 0 spiro atoms. The van der Waals surface area contributed by atoms with Crippen LogP contribution in [0.15, 0.2) is 35.5 Å². The lowest BCUT2D eigenvalue weighted by Crippen LogP contribution is -2.42. The Morgan fingerprint density at radius 1 is 1.15 bits per heavy atom. The summed E-state index contributed by atoms with van der Waals surface area (Å²) in [5.74, 6) is 0.698. The zero-order valence-corrected chi connectivity index (χ0v) is 18.9. The second kappa shape index (κ2) is 9.59. The first-order valence-corrected chi connectivity index (χ1v) is 10.1. The van der Waals surface area contributed by atoms with Crippen LogP contribution in [0, 0.1) is 0 Å². The van der Waals surface area contributed by atoms with Crippen molar-refractivity contribution in [3.8, 4) is 0 Å². The van der Waals surface area contributed by atoms with Gasteiger partial charge in [0.2, 0.25) is 0 Å². The van der Waals surface area contributed by atoms with Crippen LogP contribution in [-0.4, -0.2) is 50.0 Å². The molecule has 8 heteroatoms. The fourth-order valence-electron chi connectivity index (χ4n) is 2.48. The van der Waals surface area contributed by atoms with E-state index in [0.29, 0.717) is 19.0 Å². The summed E-state index contributed by atoms with van der Waals surface area (Å²) in [5.41, 5.74) is 2.38. The Morgan fingerprint density at radius 3 is 2.46 bits per heavy atom. The summed E-state index contributed by atoms with van der Waals surface area (Å²) in [7, 11) is -1.45. The number of rotatable bonds is 6. The number of H-pyrrole nitrogens is 1. The molecule has 0 aliphatic carbocycles. The maximum Gasteiger partial charge on any atom is 0.191 e. The van der Waals surface area contributed by atoms with Gasteiger partial charge in [0.15, 0.2) is 15.8 Å². The lowest BCUT2D eigenvalue weighted by Gasteiger charge is -2.19. The van der Waals surface area contributed by atoms with E-state index in [0.717, 1.165) is 11.9 Å². The lowest BCUT2D eigenvalue weighted by atomic mass is 10.1. The Labute approximate surface area is 173 Å². The van der Waals surface area contributed by atoms with Crippen LogP contribution in [0.1, 0.15) is 26.3 Å². The van der Waals surface area contributed by atoms with Gasteiger partial charge in [-0.1, -0.05) is 18.2 Å². The molecule has 0 amide bonds. The molecule has 2 rings (SSSR count). The average molecular weight is 492 g/mol. The van der Waals surface area contributed by atoms with Gasteiger partial charge in [0.1, 0.15) is 0 Å². The Balaban J connectivity index is 0.00000338. The molecule has 1 heterocycles. The van der Waals surface area contributed by atoms with Crippen LogP contribution in [0.2, 0.25) is 0 Å². The van der Waals surface area contributed by atoms with Crippen LogP contribution in [0.4, 0.5) is 0 Å². The second-order valence-electron chi connectivity index (χ2n) is 6.97. The molecule has 0 bridgehead atoms. The zero-order chi connectivity index (χ0) is 18.5. The summed E-state index contributed by atoms with van der Waals surface area (Å²) in [6.45, 7) is 6.21. The first-order valence-electron chi connectivity index (χ1n) is 8.46. The standard InChI is InChI=1S/C18H28N4O2S.HI/c1-18(2,3)25(23,24)12-11-21-17(19-4)20-10-9-14-13-22-16-8-6-5-7-15(14)16;/h5-8,13,22H,9-12H2,1-4H3,(H2,19,20,21);1H. The Morgan fingerprint density at radius 2 is 1.81 bits per heavy atom. The fourth-order valence-corrected chi connectivity index (χ4v) is 3.47. The highest BCUT2D eigenvalue weighted by atomic mass is 127. The number of aromatic amines is 1. The van der Waals surface area contributed by atoms with Crippen molar-refractivity contribution in [1.29, 1.82) is 0 Å². The van der Waals surface area contributed by atoms with Crippen molar-refractivity contribution in [3.05, 3.63) is 36.0 Å². The van der Waals surface area contributed by atoms with Gasteiger partial charge in [0.25, 0.3) is 0 Å². The number of para-hydroxylation sites is 1. The zero-order valence-electron chi connectivity index (χ0n) is 15.8. The van der Waals surface area contributed by atoms with Crippen molar-refractivity contribution < 1.29 is 8.42 Å². The maximum atomic E-state index is 12.1. The summed E-state index contributed by atoms with van der Waals surface area (Å²) >= 11 is 0. The van der Waals surface area contributed by atoms with Gasteiger partial charge in [-0.3, -0.25) is 4.99 Å². The summed E-state index contributed by atoms with van der Waals surface area (Å²) in [5, 5.41) is 7.52. The van der Waals surface area contributed by atoms with Crippen LogP contribution in [0.25, 0.3) is 10.9 Å². The van der Waals surface area contributed by atoms with Gasteiger partial charge >= 0.3 is 0 Å². The molecule has 26 heavy (non-hydrogen) atoms. The molecule has 0 saturated heterocycles. The highest BCUT2D eigenvalue weighted by molar-refractivity contribution is 14.0. The van der Waals surface area contributed by atoms with Crippen LogP contribution in [0.3, 0.4) is 0 Å². The number of aromatic nitrogens is 1. The number of sulfone groups is 1. The third-order valence-corrected chi connectivity index (χ3v) is 6.79. The molecule has 0 unspecified atom stereocenters. The molecule has 0 atom stereocenters. The topological polar surface area (TPSA) is 86.3 Å². The largest absolute Gasteiger partial charge is 0.361 e. The van der Waals surface area contributed by atoms with Crippen LogP contribution in [0.5, 0.6) is 0 Å². The molecule has 3 N–H and O–H groups in total. The van der Waals surface area contributed by atoms with Crippen LogP contribution >= 0.6 is 24.0 Å². The Bertz CT molecular complexity index is 838. The molecular weight excluding hydrogens is 463 g/mol. The number of nitrogens with zero attached hydrogens (tertiary/aromatic N) is 1. The van der Waals surface area contributed by atoms with Crippen LogP contribution < -0.4 is 10.6 Å². The number of aliphatic imine (C=N–C) groups is 1. The van der Waals surface area contributed by atoms with Crippen molar-refractivity contribution in [1.82, 2.24) is 15.6 Å². The number of nitrogens with one attached hydrogen (secondary N) is 3. The van der Waals surface area contributed by atoms with E-state index in [1.54, 1.807) is 27.8 Å². The minimum absolute atomic E-state index is 0. The third kappa shape index (κ3) is 5.87. The molecule has 0 radical (unpaired) electrons. The predicted octanol–water partition coefficient (Wildman–Crippen LogP) is 2.71. The minimum atomic E-state index is -3.13. The number of benzene rings is 1. The van der Waals surface area contributed by atoms with Crippen molar-refractivity contribution in [2.75, 3.05) is 25.9 Å². The average Bonchev–Trinajstić information content (AvgIpc) is 2.95. The number of fused-ring (bicyclic) bond motifs is 1. The monoisotopic (exact) mass is 492 g/mol. The fraction of sp³-hybridized carbons (Fsp3) is 0.500. The Hall–Kier alpha value is -1.29. The van der Waals surface area contributed by atoms with Gasteiger partial charge in [0, 0.05) is 37.2 Å². The van der Waals surface area contributed by atoms with Gasteiger partial charge < -0.3 is 15.6 Å². The van der Waals surface area contributed by atoms with E-state index in [-0.39, 0.29) is 29.7 Å². The van der Waals surface area contributed by atoms with Crippen molar-refractivity contribution in [2.24, 2.45) is 4.99 Å². The van der Waals surface area contributed by atoms with E-state index < -0.39 is 14.6 Å². The number of halogens is 1. The van der Waals surface area contributed by atoms with E-state index in [2.05, 4.69) is 32.7 Å². The second-order valence-corrected chi connectivity index (χ2v) is 9.83. The smallest absolute Gasteiger partial charge is 0.191 e. The summed E-state index contributed by atoms with van der Waals surface area (Å²) < 4.78 is 23.5. The van der Waals surface area contributed by atoms with E-state index in [4.69, 9.17) is 0 Å². The molecule has 2 aromatic rings. The molecule has 1 aromatic carbocycles. The number of guanidine groups is 1. The van der Waals surface area contributed by atoms with Gasteiger partial charge in [-0.05, 0) is 38.8 Å². The first kappa shape index (κ1) is 22.8. The van der Waals surface area contributed by atoms with Crippen LogP contribution in [-0.2, 0) is 16.3 Å².